The van der Waals surface area contributed by atoms with E-state index in [1.165, 1.54) is 36.4 Å². The van der Waals surface area contributed by atoms with Gasteiger partial charge in [-0.2, -0.15) is 8.42 Å². The summed E-state index contributed by atoms with van der Waals surface area (Å²) in [6.07, 6.45) is 1.38. The summed E-state index contributed by atoms with van der Waals surface area (Å²) in [7, 11) is -4.09. The topological polar surface area (TPSA) is 82.0 Å². The van der Waals surface area contributed by atoms with Crippen LogP contribution in [-0.2, 0) is 19.6 Å². The van der Waals surface area contributed by atoms with Gasteiger partial charge in [-0.1, -0.05) is 47.5 Å². The van der Waals surface area contributed by atoms with E-state index in [1.54, 1.807) is 36.4 Å². The van der Waals surface area contributed by atoms with Crippen molar-refractivity contribution in [2.75, 3.05) is 0 Å². The van der Waals surface area contributed by atoms with Crippen LogP contribution in [0.5, 0.6) is 5.75 Å². The number of rotatable bonds is 5. The summed E-state index contributed by atoms with van der Waals surface area (Å²) in [5.74, 6) is -0.492. The van der Waals surface area contributed by atoms with E-state index >= 15 is 0 Å². The molecule has 0 atom stereocenters. The van der Waals surface area contributed by atoms with Crippen LogP contribution in [0.15, 0.2) is 88.4 Å². The highest BCUT2D eigenvalue weighted by Crippen LogP contribution is 2.30. The molecule has 0 aromatic heterocycles. The van der Waals surface area contributed by atoms with E-state index in [0.29, 0.717) is 10.6 Å². The van der Waals surface area contributed by atoms with E-state index in [4.69, 9.17) is 20.5 Å². The molecule has 0 fully saturated rings. The van der Waals surface area contributed by atoms with Crippen LogP contribution in [0.4, 0.5) is 0 Å². The van der Waals surface area contributed by atoms with Gasteiger partial charge < -0.3 is 8.92 Å². The van der Waals surface area contributed by atoms with Crippen LogP contribution in [0.1, 0.15) is 16.7 Å². The monoisotopic (exact) mass is 453 g/mol. The lowest BCUT2D eigenvalue weighted by molar-refractivity contribution is -0.129. The van der Waals surface area contributed by atoms with Crippen molar-refractivity contribution in [3.63, 3.8) is 0 Å². The molecule has 156 valence electrons. The van der Waals surface area contributed by atoms with Crippen LogP contribution in [0.3, 0.4) is 0 Å². The maximum Gasteiger partial charge on any atom is 0.363 e. The number of benzene rings is 3. The Morgan fingerprint density at radius 3 is 2.42 bits per heavy atom. The summed E-state index contributed by atoms with van der Waals surface area (Å²) in [5.41, 5.74) is 1.83. The minimum Gasteiger partial charge on any atom is -0.402 e. The Balaban J connectivity index is 1.70. The molecule has 1 aliphatic rings. The van der Waals surface area contributed by atoms with Gasteiger partial charge in [-0.3, -0.25) is 0 Å². The SMILES string of the molecule is Cc1ccc(S(=O)(=O)Oc2ccc(Cl)cc2/C=C2/N=C(c3ccccc3)OC2=O)cc1. The molecule has 0 bridgehead atoms. The molecule has 0 amide bonds. The van der Waals surface area contributed by atoms with Gasteiger partial charge in [-0.15, -0.1) is 0 Å². The highest BCUT2D eigenvalue weighted by Gasteiger charge is 2.25. The molecule has 4 rings (SSSR count). The second kappa shape index (κ2) is 8.37. The normalized spacial score (nSPS) is 15.0. The summed E-state index contributed by atoms with van der Waals surface area (Å²) in [5, 5.41) is 0.338. The summed E-state index contributed by atoms with van der Waals surface area (Å²) >= 11 is 6.08. The lowest BCUT2D eigenvalue weighted by Gasteiger charge is -2.10. The molecule has 0 aliphatic carbocycles. The molecule has 0 unspecified atom stereocenters. The number of carbonyl (C=O) groups is 1. The first-order valence-corrected chi connectivity index (χ1v) is 11.0. The molecule has 6 nitrogen and oxygen atoms in total. The quantitative estimate of drug-likeness (QED) is 0.316. The summed E-state index contributed by atoms with van der Waals surface area (Å²) in [6, 6.07) is 19.6. The molecule has 0 radical (unpaired) electrons. The van der Waals surface area contributed by atoms with Crippen molar-refractivity contribution in [1.29, 1.82) is 0 Å². The smallest absolute Gasteiger partial charge is 0.363 e. The molecule has 0 saturated carbocycles. The molecular weight excluding hydrogens is 438 g/mol. The zero-order chi connectivity index (χ0) is 22.0. The van der Waals surface area contributed by atoms with Crippen molar-refractivity contribution in [2.24, 2.45) is 4.99 Å². The molecule has 0 N–H and O–H groups in total. The van der Waals surface area contributed by atoms with Crippen LogP contribution >= 0.6 is 11.6 Å². The van der Waals surface area contributed by atoms with E-state index in [2.05, 4.69) is 4.99 Å². The van der Waals surface area contributed by atoms with Gasteiger partial charge in [0.1, 0.15) is 10.6 Å². The number of aryl methyl sites for hydroxylation is 1. The highest BCUT2D eigenvalue weighted by atomic mass is 35.5. The highest BCUT2D eigenvalue weighted by molar-refractivity contribution is 7.87. The van der Waals surface area contributed by atoms with Gasteiger partial charge in [0.2, 0.25) is 5.90 Å². The van der Waals surface area contributed by atoms with Crippen molar-refractivity contribution in [3.8, 4) is 5.75 Å². The van der Waals surface area contributed by atoms with Gasteiger partial charge >= 0.3 is 16.1 Å². The minimum absolute atomic E-state index is 0.00120. The first kappa shape index (κ1) is 20.8. The van der Waals surface area contributed by atoms with Gasteiger partial charge in [0.25, 0.3) is 0 Å². The Hall–Kier alpha value is -3.42. The minimum atomic E-state index is -4.09. The van der Waals surface area contributed by atoms with E-state index in [0.717, 1.165) is 5.56 Å². The van der Waals surface area contributed by atoms with Crippen LogP contribution in [-0.4, -0.2) is 20.3 Å². The molecule has 0 saturated heterocycles. The van der Waals surface area contributed by atoms with Gasteiger partial charge in [-0.25, -0.2) is 9.79 Å². The average Bonchev–Trinajstić information content (AvgIpc) is 3.11. The summed E-state index contributed by atoms with van der Waals surface area (Å²) in [6.45, 7) is 1.85. The zero-order valence-corrected chi connectivity index (χ0v) is 17.9. The number of aliphatic imine (C=N–C) groups is 1. The number of hydrogen-bond acceptors (Lipinski definition) is 6. The molecule has 31 heavy (non-hydrogen) atoms. The summed E-state index contributed by atoms with van der Waals surface area (Å²) < 4.78 is 36.0. The van der Waals surface area contributed by atoms with E-state index < -0.39 is 16.1 Å². The zero-order valence-electron chi connectivity index (χ0n) is 16.3. The number of carbonyl (C=O) groups excluding carboxylic acids is 1. The standard InChI is InChI=1S/C23H16ClNO5S/c1-15-7-10-19(11-8-15)31(27,28)30-21-12-9-18(24)13-17(21)14-20-23(26)29-22(25-20)16-5-3-2-4-6-16/h2-14H,1H3/b20-14+. The van der Waals surface area contributed by atoms with Gasteiger partial charge in [0, 0.05) is 16.1 Å². The molecular formula is C23H16ClNO5S. The Kier molecular flexibility index (Phi) is 5.63. The van der Waals surface area contributed by atoms with Crippen molar-refractivity contribution >= 4 is 39.7 Å². The molecule has 8 heteroatoms. The van der Waals surface area contributed by atoms with E-state index in [9.17, 15) is 13.2 Å². The Morgan fingerprint density at radius 2 is 1.71 bits per heavy atom. The van der Waals surface area contributed by atoms with Crippen molar-refractivity contribution in [3.05, 3.63) is 100 Å². The first-order chi connectivity index (χ1) is 14.8. The van der Waals surface area contributed by atoms with Gasteiger partial charge in [-0.05, 0) is 55.5 Å². The third kappa shape index (κ3) is 4.68. The number of hydrogen-bond donors (Lipinski definition) is 0. The largest absolute Gasteiger partial charge is 0.402 e. The van der Waals surface area contributed by atoms with Crippen LogP contribution in [0.25, 0.3) is 6.08 Å². The number of cyclic esters (lactones) is 1. The molecule has 3 aromatic rings. The third-order valence-electron chi connectivity index (χ3n) is 4.41. The molecule has 1 aliphatic heterocycles. The Labute approximate surface area is 184 Å². The number of nitrogens with zero attached hydrogens (tertiary/aromatic N) is 1. The lowest BCUT2D eigenvalue weighted by atomic mass is 10.1. The predicted molar refractivity (Wildman–Crippen MR) is 117 cm³/mol. The van der Waals surface area contributed by atoms with Crippen LogP contribution in [0.2, 0.25) is 5.02 Å². The molecule has 0 spiro atoms. The fourth-order valence-electron chi connectivity index (χ4n) is 2.84. The molecule has 1 heterocycles. The molecule has 3 aromatic carbocycles. The number of halogens is 1. The van der Waals surface area contributed by atoms with Crippen molar-refractivity contribution in [2.45, 2.75) is 11.8 Å². The van der Waals surface area contributed by atoms with Crippen LogP contribution in [0, 0.1) is 6.92 Å². The second-order valence-corrected chi connectivity index (χ2v) is 8.72. The predicted octanol–water partition coefficient (Wildman–Crippen LogP) is 4.76. The fourth-order valence-corrected chi connectivity index (χ4v) is 3.97. The maximum atomic E-state index is 12.7. The van der Waals surface area contributed by atoms with E-state index in [1.807, 2.05) is 13.0 Å². The maximum absolute atomic E-state index is 12.7. The number of esters is 1. The van der Waals surface area contributed by atoms with E-state index in [-0.39, 0.29) is 27.8 Å². The number of ether oxygens (including phenoxy) is 1. The average molecular weight is 454 g/mol. The Bertz CT molecular complexity index is 1310. The third-order valence-corrected chi connectivity index (χ3v) is 5.90. The van der Waals surface area contributed by atoms with Crippen molar-refractivity contribution < 1.29 is 22.1 Å². The lowest BCUT2D eigenvalue weighted by Crippen LogP contribution is -2.10. The Morgan fingerprint density at radius 1 is 1.00 bits per heavy atom. The van der Waals surface area contributed by atoms with Crippen molar-refractivity contribution in [1.82, 2.24) is 0 Å². The second-order valence-electron chi connectivity index (χ2n) is 6.73. The van der Waals surface area contributed by atoms with Crippen LogP contribution < -0.4 is 4.18 Å². The van der Waals surface area contributed by atoms with Gasteiger partial charge in [0.15, 0.2) is 5.70 Å². The summed E-state index contributed by atoms with van der Waals surface area (Å²) in [4.78, 5) is 16.5. The van der Waals surface area contributed by atoms with Gasteiger partial charge in [0.05, 0.1) is 0 Å². The first-order valence-electron chi connectivity index (χ1n) is 9.20. The fraction of sp³-hybridized carbons (Fsp3) is 0.0435.